The molecule has 2 aromatic heterocycles. The number of nitrogens with one attached hydrogen (secondary N) is 1. The highest BCUT2D eigenvalue weighted by Gasteiger charge is 2.23. The average molecular weight is 484 g/mol. The van der Waals surface area contributed by atoms with Gasteiger partial charge in [-0.25, -0.2) is 13.8 Å². The van der Waals surface area contributed by atoms with Crippen molar-refractivity contribution in [3.63, 3.8) is 0 Å². The first kappa shape index (κ1) is 23.2. The van der Waals surface area contributed by atoms with E-state index in [1.807, 2.05) is 53.1 Å². The van der Waals surface area contributed by atoms with Crippen molar-refractivity contribution < 1.29 is 18.3 Å². The number of fused-ring (bicyclic) bond motifs is 1. The van der Waals surface area contributed by atoms with E-state index in [1.165, 1.54) is 36.4 Å². The Balaban J connectivity index is 1.45. The van der Waals surface area contributed by atoms with Gasteiger partial charge in [-0.2, -0.15) is 0 Å². The monoisotopic (exact) mass is 483 g/mol. The molecule has 36 heavy (non-hydrogen) atoms. The molecule has 0 spiro atoms. The molecule has 0 bridgehead atoms. The van der Waals surface area contributed by atoms with Gasteiger partial charge in [0, 0.05) is 30.4 Å². The SMILES string of the molecule is O=C(C[C@@H](c1cccc(F)c1)c1cnc2c(OCc3ccccc3)cccn12)Nc1ccc(F)cc1. The number of imidazole rings is 1. The number of carbonyl (C=O) groups excluding carboxylic acids is 1. The number of carbonyl (C=O) groups is 1. The molecular formula is C29H23F2N3O2. The number of halogens is 2. The number of pyridine rings is 1. The minimum Gasteiger partial charge on any atom is -0.485 e. The summed E-state index contributed by atoms with van der Waals surface area (Å²) in [5.41, 5.74) is 3.47. The van der Waals surface area contributed by atoms with E-state index in [1.54, 1.807) is 18.3 Å². The van der Waals surface area contributed by atoms with E-state index in [-0.39, 0.29) is 18.1 Å². The van der Waals surface area contributed by atoms with Crippen molar-refractivity contribution in [1.82, 2.24) is 9.38 Å². The van der Waals surface area contributed by atoms with Crippen LogP contribution >= 0.6 is 0 Å². The Bertz CT molecular complexity index is 1480. The van der Waals surface area contributed by atoms with Crippen LogP contribution < -0.4 is 10.1 Å². The Morgan fingerprint density at radius 2 is 1.72 bits per heavy atom. The maximum absolute atomic E-state index is 14.2. The summed E-state index contributed by atoms with van der Waals surface area (Å²) < 4.78 is 35.3. The maximum atomic E-state index is 14.2. The largest absolute Gasteiger partial charge is 0.485 e. The van der Waals surface area contributed by atoms with Crippen LogP contribution in [0.1, 0.15) is 29.2 Å². The average Bonchev–Trinajstić information content (AvgIpc) is 3.32. The van der Waals surface area contributed by atoms with Crippen LogP contribution in [-0.4, -0.2) is 15.3 Å². The van der Waals surface area contributed by atoms with Gasteiger partial charge in [-0.1, -0.05) is 42.5 Å². The number of aromatic nitrogens is 2. The second kappa shape index (κ2) is 10.4. The summed E-state index contributed by atoms with van der Waals surface area (Å²) >= 11 is 0. The lowest BCUT2D eigenvalue weighted by molar-refractivity contribution is -0.116. The lowest BCUT2D eigenvalue weighted by atomic mass is 9.92. The summed E-state index contributed by atoms with van der Waals surface area (Å²) in [6, 6.07) is 25.2. The smallest absolute Gasteiger partial charge is 0.225 e. The molecule has 5 rings (SSSR count). The van der Waals surface area contributed by atoms with E-state index in [9.17, 15) is 13.6 Å². The highest BCUT2D eigenvalue weighted by Crippen LogP contribution is 2.32. The summed E-state index contributed by atoms with van der Waals surface area (Å²) in [5.74, 6) is -0.956. The van der Waals surface area contributed by atoms with Gasteiger partial charge in [-0.3, -0.25) is 4.79 Å². The Kier molecular flexibility index (Phi) is 6.71. The third-order valence-electron chi connectivity index (χ3n) is 5.89. The summed E-state index contributed by atoms with van der Waals surface area (Å²) in [7, 11) is 0. The number of hydrogen-bond donors (Lipinski definition) is 1. The van der Waals surface area contributed by atoms with E-state index >= 15 is 0 Å². The number of nitrogens with zero attached hydrogens (tertiary/aromatic N) is 2. The molecule has 7 heteroatoms. The standard InChI is InChI=1S/C29H23F2N3O2/c30-22-11-13-24(14-12-22)33-28(35)17-25(21-8-4-9-23(31)16-21)26-18-32-29-27(10-5-15-34(26)29)36-19-20-6-2-1-3-7-20/h1-16,18,25H,17,19H2,(H,33,35)/t25-/m0/s1. The van der Waals surface area contributed by atoms with Crippen molar-refractivity contribution in [3.8, 4) is 5.75 Å². The normalized spacial score (nSPS) is 11.8. The van der Waals surface area contributed by atoms with E-state index in [4.69, 9.17) is 4.74 Å². The van der Waals surface area contributed by atoms with Crippen LogP contribution in [0.25, 0.3) is 5.65 Å². The molecule has 5 aromatic rings. The lowest BCUT2D eigenvalue weighted by Gasteiger charge is -2.18. The first-order valence-electron chi connectivity index (χ1n) is 11.5. The van der Waals surface area contributed by atoms with Crippen LogP contribution in [0.2, 0.25) is 0 Å². The van der Waals surface area contributed by atoms with Gasteiger partial charge in [0.2, 0.25) is 5.91 Å². The molecule has 1 N–H and O–H groups in total. The van der Waals surface area contributed by atoms with Crippen LogP contribution in [0.3, 0.4) is 0 Å². The topological polar surface area (TPSA) is 55.6 Å². The van der Waals surface area contributed by atoms with Crippen LogP contribution in [0.4, 0.5) is 14.5 Å². The molecule has 0 unspecified atom stereocenters. The van der Waals surface area contributed by atoms with E-state index in [0.29, 0.717) is 29.3 Å². The quantitative estimate of drug-likeness (QED) is 0.280. The number of benzene rings is 3. The Morgan fingerprint density at radius 3 is 2.50 bits per heavy atom. The van der Waals surface area contributed by atoms with Crippen molar-refractivity contribution in [1.29, 1.82) is 0 Å². The third-order valence-corrected chi connectivity index (χ3v) is 5.89. The van der Waals surface area contributed by atoms with Crippen LogP contribution in [0.5, 0.6) is 5.75 Å². The number of ether oxygens (including phenoxy) is 1. The van der Waals surface area contributed by atoms with Crippen LogP contribution in [-0.2, 0) is 11.4 Å². The van der Waals surface area contributed by atoms with Crippen molar-refractivity contribution in [2.45, 2.75) is 18.9 Å². The zero-order valence-electron chi connectivity index (χ0n) is 19.3. The first-order valence-corrected chi connectivity index (χ1v) is 11.5. The molecule has 1 amide bonds. The zero-order valence-corrected chi connectivity index (χ0v) is 19.3. The molecule has 180 valence electrons. The van der Waals surface area contributed by atoms with Gasteiger partial charge in [0.05, 0.1) is 5.69 Å². The Morgan fingerprint density at radius 1 is 0.917 bits per heavy atom. The molecule has 0 aliphatic heterocycles. The van der Waals surface area contributed by atoms with Gasteiger partial charge in [-0.15, -0.1) is 0 Å². The molecular weight excluding hydrogens is 460 g/mol. The molecule has 1 atom stereocenters. The lowest BCUT2D eigenvalue weighted by Crippen LogP contribution is -2.17. The second-order valence-electron chi connectivity index (χ2n) is 8.39. The van der Waals surface area contributed by atoms with Gasteiger partial charge < -0.3 is 14.5 Å². The third kappa shape index (κ3) is 5.25. The second-order valence-corrected chi connectivity index (χ2v) is 8.39. The molecule has 0 fully saturated rings. The van der Waals surface area contributed by atoms with Gasteiger partial charge in [-0.05, 0) is 59.7 Å². The van der Waals surface area contributed by atoms with E-state index in [0.717, 1.165) is 11.3 Å². The number of rotatable bonds is 8. The minimum atomic E-state index is -0.486. The number of hydrogen-bond acceptors (Lipinski definition) is 3. The molecule has 0 aliphatic rings. The molecule has 0 radical (unpaired) electrons. The number of anilines is 1. The summed E-state index contributed by atoms with van der Waals surface area (Å²) in [6.45, 7) is 0.385. The van der Waals surface area contributed by atoms with Gasteiger partial charge >= 0.3 is 0 Å². The van der Waals surface area contributed by atoms with Crippen LogP contribution in [0, 0.1) is 11.6 Å². The predicted molar refractivity (Wildman–Crippen MR) is 134 cm³/mol. The Labute approximate surface area is 207 Å². The van der Waals surface area contributed by atoms with E-state index in [2.05, 4.69) is 10.3 Å². The maximum Gasteiger partial charge on any atom is 0.225 e. The molecule has 0 saturated carbocycles. The summed E-state index contributed by atoms with van der Waals surface area (Å²) in [6.07, 6.45) is 3.56. The van der Waals surface area contributed by atoms with Crippen molar-refractivity contribution in [3.05, 3.63) is 132 Å². The first-order chi connectivity index (χ1) is 17.6. The molecule has 0 aliphatic carbocycles. The van der Waals surface area contributed by atoms with Crippen molar-refractivity contribution in [2.24, 2.45) is 0 Å². The zero-order chi connectivity index (χ0) is 24.9. The predicted octanol–water partition coefficient (Wildman–Crippen LogP) is 6.35. The summed E-state index contributed by atoms with van der Waals surface area (Å²) in [4.78, 5) is 17.5. The highest BCUT2D eigenvalue weighted by atomic mass is 19.1. The highest BCUT2D eigenvalue weighted by molar-refractivity contribution is 5.91. The molecule has 3 aromatic carbocycles. The fourth-order valence-corrected chi connectivity index (χ4v) is 4.16. The molecule has 2 heterocycles. The molecule has 0 saturated heterocycles. The minimum absolute atomic E-state index is 0.0315. The van der Waals surface area contributed by atoms with Crippen molar-refractivity contribution in [2.75, 3.05) is 5.32 Å². The van der Waals surface area contributed by atoms with Gasteiger partial charge in [0.15, 0.2) is 11.4 Å². The van der Waals surface area contributed by atoms with Crippen molar-refractivity contribution >= 4 is 17.2 Å². The van der Waals surface area contributed by atoms with E-state index < -0.39 is 11.7 Å². The fourth-order valence-electron chi connectivity index (χ4n) is 4.16. The summed E-state index contributed by atoms with van der Waals surface area (Å²) in [5, 5.41) is 2.79. The number of amides is 1. The van der Waals surface area contributed by atoms with Gasteiger partial charge in [0.25, 0.3) is 0 Å². The van der Waals surface area contributed by atoms with Gasteiger partial charge in [0.1, 0.15) is 18.2 Å². The molecule has 5 nitrogen and oxygen atoms in total. The van der Waals surface area contributed by atoms with Crippen LogP contribution in [0.15, 0.2) is 103 Å². The Hall–Kier alpha value is -4.52. The fraction of sp³-hybridized carbons (Fsp3) is 0.103.